The predicted molar refractivity (Wildman–Crippen MR) is 47.8 cm³/mol. The van der Waals surface area contributed by atoms with Crippen LogP contribution >= 0.6 is 0 Å². The summed E-state index contributed by atoms with van der Waals surface area (Å²) in [6.45, 7) is 1.46. The van der Waals surface area contributed by atoms with Gasteiger partial charge in [0, 0.05) is 5.56 Å². The van der Waals surface area contributed by atoms with Crippen molar-refractivity contribution >= 4 is 11.8 Å². The first-order valence-corrected chi connectivity index (χ1v) is 3.91. The van der Waals surface area contributed by atoms with Gasteiger partial charge in [-0.3, -0.25) is 9.59 Å². The Kier molecular flexibility index (Phi) is 2.80. The molecule has 13 heavy (non-hydrogen) atoms. The molecule has 3 nitrogen and oxygen atoms in total. The van der Waals surface area contributed by atoms with Crippen LogP contribution in [0.15, 0.2) is 24.3 Å². The Labute approximate surface area is 76.0 Å². The molecule has 0 bridgehead atoms. The normalized spacial score (nSPS) is 9.62. The third kappa shape index (κ3) is 2.71. The maximum atomic E-state index is 10.9. The third-order valence-electron chi connectivity index (χ3n) is 1.69. The molecule has 68 valence electrons. The number of hydrogen-bond acceptors (Lipinski definition) is 2. The van der Waals surface area contributed by atoms with Crippen LogP contribution in [0.2, 0.25) is 0 Å². The van der Waals surface area contributed by atoms with Crippen molar-refractivity contribution in [2.45, 2.75) is 13.3 Å². The van der Waals surface area contributed by atoms with Gasteiger partial charge in [0.25, 0.3) is 0 Å². The van der Waals surface area contributed by atoms with E-state index in [9.17, 15) is 9.59 Å². The van der Waals surface area contributed by atoms with Crippen molar-refractivity contribution in [3.63, 3.8) is 0 Å². The Hall–Kier alpha value is -1.64. The maximum Gasteiger partial charge on any atom is 0.307 e. The van der Waals surface area contributed by atoms with Crippen LogP contribution in [0, 0.1) is 0 Å². The van der Waals surface area contributed by atoms with Gasteiger partial charge in [-0.05, 0) is 18.6 Å². The van der Waals surface area contributed by atoms with Crippen molar-refractivity contribution in [1.82, 2.24) is 0 Å². The number of carboxylic acids is 1. The number of Topliss-reactive ketones (excluding diaryl/α,β-unsaturated/α-hetero) is 1. The molecule has 0 aromatic heterocycles. The van der Waals surface area contributed by atoms with Gasteiger partial charge in [-0.1, -0.05) is 18.2 Å². The Balaban J connectivity index is 2.91. The summed E-state index contributed by atoms with van der Waals surface area (Å²) >= 11 is 0. The lowest BCUT2D eigenvalue weighted by Gasteiger charge is -1.99. The monoisotopic (exact) mass is 178 g/mol. The van der Waals surface area contributed by atoms with E-state index in [2.05, 4.69) is 0 Å². The van der Waals surface area contributed by atoms with Crippen molar-refractivity contribution in [3.05, 3.63) is 35.4 Å². The number of ketones is 1. The highest BCUT2D eigenvalue weighted by molar-refractivity contribution is 5.94. The van der Waals surface area contributed by atoms with E-state index in [4.69, 9.17) is 5.11 Å². The van der Waals surface area contributed by atoms with Gasteiger partial charge in [-0.25, -0.2) is 0 Å². The summed E-state index contributed by atoms with van der Waals surface area (Å²) in [5, 5.41) is 8.51. The average Bonchev–Trinajstić information content (AvgIpc) is 2.03. The molecule has 1 N–H and O–H groups in total. The number of carboxylic acid groups (broad SMARTS) is 1. The SMILES string of the molecule is CC(=O)c1cccc(CC(=O)O)c1. The molecule has 0 saturated heterocycles. The van der Waals surface area contributed by atoms with E-state index in [1.54, 1.807) is 24.3 Å². The molecule has 1 aromatic carbocycles. The average molecular weight is 178 g/mol. The van der Waals surface area contributed by atoms with Crippen LogP contribution in [0.1, 0.15) is 22.8 Å². The Bertz CT molecular complexity index is 342. The van der Waals surface area contributed by atoms with E-state index in [0.29, 0.717) is 11.1 Å². The minimum atomic E-state index is -0.888. The first-order valence-electron chi connectivity index (χ1n) is 3.91. The highest BCUT2D eigenvalue weighted by Crippen LogP contribution is 2.06. The van der Waals surface area contributed by atoms with E-state index in [0.717, 1.165) is 0 Å². The fourth-order valence-electron chi connectivity index (χ4n) is 1.07. The quantitative estimate of drug-likeness (QED) is 0.714. The number of carbonyl (C=O) groups is 2. The summed E-state index contributed by atoms with van der Waals surface area (Å²) in [6, 6.07) is 6.67. The highest BCUT2D eigenvalue weighted by atomic mass is 16.4. The van der Waals surface area contributed by atoms with Crippen LogP contribution in [-0.2, 0) is 11.2 Å². The molecule has 0 aliphatic rings. The van der Waals surface area contributed by atoms with Gasteiger partial charge in [0.1, 0.15) is 0 Å². The molecular formula is C10H10O3. The molecule has 0 unspecified atom stereocenters. The zero-order valence-corrected chi connectivity index (χ0v) is 7.28. The molecule has 0 fully saturated rings. The molecule has 0 amide bonds. The number of benzene rings is 1. The van der Waals surface area contributed by atoms with Gasteiger partial charge in [-0.2, -0.15) is 0 Å². The standard InChI is InChI=1S/C10H10O3/c1-7(11)9-4-2-3-8(5-9)6-10(12)13/h2-5H,6H2,1H3,(H,12,13). The lowest BCUT2D eigenvalue weighted by Crippen LogP contribution is -2.01. The predicted octanol–water partition coefficient (Wildman–Crippen LogP) is 1.52. The van der Waals surface area contributed by atoms with Crippen LogP contribution in [-0.4, -0.2) is 16.9 Å². The van der Waals surface area contributed by atoms with E-state index >= 15 is 0 Å². The molecule has 0 aliphatic carbocycles. The summed E-state index contributed by atoms with van der Waals surface area (Å²) in [7, 11) is 0. The van der Waals surface area contributed by atoms with Gasteiger partial charge in [0.15, 0.2) is 5.78 Å². The van der Waals surface area contributed by atoms with E-state index in [1.165, 1.54) is 6.92 Å². The van der Waals surface area contributed by atoms with Crippen LogP contribution in [0.25, 0.3) is 0 Å². The molecular weight excluding hydrogens is 168 g/mol. The Morgan fingerprint density at radius 2 is 2.08 bits per heavy atom. The van der Waals surface area contributed by atoms with E-state index < -0.39 is 5.97 Å². The first-order chi connectivity index (χ1) is 6.09. The Morgan fingerprint density at radius 3 is 2.62 bits per heavy atom. The fraction of sp³-hybridized carbons (Fsp3) is 0.200. The Morgan fingerprint density at radius 1 is 1.38 bits per heavy atom. The molecule has 0 heterocycles. The van der Waals surface area contributed by atoms with Crippen molar-refractivity contribution < 1.29 is 14.7 Å². The van der Waals surface area contributed by atoms with Gasteiger partial charge in [-0.15, -0.1) is 0 Å². The van der Waals surface area contributed by atoms with Crippen LogP contribution < -0.4 is 0 Å². The lowest BCUT2D eigenvalue weighted by atomic mass is 10.1. The summed E-state index contributed by atoms with van der Waals surface area (Å²) in [5.74, 6) is -0.937. The molecule has 1 aromatic rings. The van der Waals surface area contributed by atoms with Crippen LogP contribution in [0.3, 0.4) is 0 Å². The second-order valence-corrected chi connectivity index (χ2v) is 2.83. The molecule has 0 saturated carbocycles. The fourth-order valence-corrected chi connectivity index (χ4v) is 1.07. The summed E-state index contributed by atoms with van der Waals surface area (Å²) in [4.78, 5) is 21.3. The maximum absolute atomic E-state index is 10.9. The van der Waals surface area contributed by atoms with Crippen LogP contribution in [0.5, 0.6) is 0 Å². The summed E-state index contributed by atoms with van der Waals surface area (Å²) in [6.07, 6.45) is -0.0406. The van der Waals surface area contributed by atoms with Crippen molar-refractivity contribution in [1.29, 1.82) is 0 Å². The smallest absolute Gasteiger partial charge is 0.307 e. The number of hydrogen-bond donors (Lipinski definition) is 1. The topological polar surface area (TPSA) is 54.4 Å². The highest BCUT2D eigenvalue weighted by Gasteiger charge is 2.03. The van der Waals surface area contributed by atoms with Gasteiger partial charge < -0.3 is 5.11 Å². The van der Waals surface area contributed by atoms with Crippen molar-refractivity contribution in [2.24, 2.45) is 0 Å². The molecule has 0 aliphatic heterocycles. The lowest BCUT2D eigenvalue weighted by molar-refractivity contribution is -0.136. The van der Waals surface area contributed by atoms with Crippen molar-refractivity contribution in [3.8, 4) is 0 Å². The largest absolute Gasteiger partial charge is 0.481 e. The minimum Gasteiger partial charge on any atom is -0.481 e. The second-order valence-electron chi connectivity index (χ2n) is 2.83. The van der Waals surface area contributed by atoms with E-state index in [-0.39, 0.29) is 12.2 Å². The first kappa shape index (κ1) is 9.45. The zero-order chi connectivity index (χ0) is 9.84. The molecule has 0 atom stereocenters. The molecule has 3 heteroatoms. The zero-order valence-electron chi connectivity index (χ0n) is 7.28. The van der Waals surface area contributed by atoms with Crippen molar-refractivity contribution in [2.75, 3.05) is 0 Å². The van der Waals surface area contributed by atoms with Gasteiger partial charge >= 0.3 is 5.97 Å². The van der Waals surface area contributed by atoms with E-state index in [1.807, 2.05) is 0 Å². The molecule has 0 radical (unpaired) electrons. The number of carbonyl (C=O) groups excluding carboxylic acids is 1. The second kappa shape index (κ2) is 3.85. The summed E-state index contributed by atoms with van der Waals surface area (Å²) in [5.41, 5.74) is 1.21. The van der Waals surface area contributed by atoms with Crippen LogP contribution in [0.4, 0.5) is 0 Å². The number of rotatable bonds is 3. The van der Waals surface area contributed by atoms with Gasteiger partial charge in [0.05, 0.1) is 6.42 Å². The molecule has 0 spiro atoms. The number of aliphatic carboxylic acids is 1. The minimum absolute atomic E-state index is 0.0406. The summed E-state index contributed by atoms with van der Waals surface area (Å²) < 4.78 is 0. The van der Waals surface area contributed by atoms with Gasteiger partial charge in [0.2, 0.25) is 0 Å². The third-order valence-corrected chi connectivity index (χ3v) is 1.69. The molecule has 1 rings (SSSR count).